The second kappa shape index (κ2) is 5.01. The molecule has 0 saturated carbocycles. The van der Waals surface area contributed by atoms with E-state index in [2.05, 4.69) is 29.3 Å². The van der Waals surface area contributed by atoms with Gasteiger partial charge in [0.05, 0.1) is 11.5 Å². The first-order valence-electron chi connectivity index (χ1n) is 6.71. The SMILES string of the molecule is Cc1ccccc1Cc1nnc2n1CCS(=O)(=O)CC2. The minimum absolute atomic E-state index is 0.176. The Balaban J connectivity index is 1.91. The molecule has 0 N–H and O–H groups in total. The van der Waals surface area contributed by atoms with Gasteiger partial charge in [-0.2, -0.15) is 0 Å². The smallest absolute Gasteiger partial charge is 0.152 e. The Morgan fingerprint density at radius 2 is 2.00 bits per heavy atom. The van der Waals surface area contributed by atoms with E-state index in [9.17, 15) is 8.42 Å². The Labute approximate surface area is 118 Å². The third-order valence-electron chi connectivity index (χ3n) is 3.78. The van der Waals surface area contributed by atoms with Gasteiger partial charge >= 0.3 is 0 Å². The molecule has 0 saturated heterocycles. The van der Waals surface area contributed by atoms with Crippen LogP contribution in [0.3, 0.4) is 0 Å². The summed E-state index contributed by atoms with van der Waals surface area (Å²) in [5.41, 5.74) is 2.42. The predicted octanol–water partition coefficient (Wildman–Crippen LogP) is 1.15. The molecule has 0 radical (unpaired) electrons. The van der Waals surface area contributed by atoms with Gasteiger partial charge in [-0.1, -0.05) is 24.3 Å². The van der Waals surface area contributed by atoms with Crippen LogP contribution in [0.2, 0.25) is 0 Å². The number of aryl methyl sites for hydroxylation is 2. The summed E-state index contributed by atoms with van der Waals surface area (Å²) >= 11 is 0. The van der Waals surface area contributed by atoms with E-state index in [0.29, 0.717) is 19.4 Å². The van der Waals surface area contributed by atoms with E-state index >= 15 is 0 Å². The summed E-state index contributed by atoms with van der Waals surface area (Å²) in [6.07, 6.45) is 1.16. The molecule has 1 aromatic heterocycles. The summed E-state index contributed by atoms with van der Waals surface area (Å²) in [6.45, 7) is 2.53. The van der Waals surface area contributed by atoms with E-state index in [4.69, 9.17) is 0 Å². The molecule has 106 valence electrons. The van der Waals surface area contributed by atoms with Gasteiger partial charge in [0, 0.05) is 19.4 Å². The van der Waals surface area contributed by atoms with Crippen LogP contribution in [-0.4, -0.2) is 34.7 Å². The van der Waals surface area contributed by atoms with E-state index in [-0.39, 0.29) is 11.5 Å². The molecule has 0 bridgehead atoms. The van der Waals surface area contributed by atoms with E-state index < -0.39 is 9.84 Å². The summed E-state index contributed by atoms with van der Waals surface area (Å²) in [4.78, 5) is 0. The van der Waals surface area contributed by atoms with Crippen LogP contribution in [0, 0.1) is 6.92 Å². The number of nitrogens with zero attached hydrogens (tertiary/aromatic N) is 3. The summed E-state index contributed by atoms with van der Waals surface area (Å²) < 4.78 is 25.4. The van der Waals surface area contributed by atoms with Crippen LogP contribution >= 0.6 is 0 Å². The predicted molar refractivity (Wildman–Crippen MR) is 76.4 cm³/mol. The number of sulfone groups is 1. The number of fused-ring (bicyclic) bond motifs is 1. The fourth-order valence-corrected chi connectivity index (χ4v) is 3.66. The molecular weight excluding hydrogens is 274 g/mol. The Morgan fingerprint density at radius 1 is 1.20 bits per heavy atom. The molecule has 0 unspecified atom stereocenters. The topological polar surface area (TPSA) is 64.8 Å². The number of aromatic nitrogens is 3. The van der Waals surface area contributed by atoms with Crippen molar-refractivity contribution in [2.75, 3.05) is 11.5 Å². The number of hydrogen-bond acceptors (Lipinski definition) is 4. The van der Waals surface area contributed by atoms with Crippen molar-refractivity contribution in [3.05, 3.63) is 47.0 Å². The molecule has 0 amide bonds. The van der Waals surface area contributed by atoms with Crippen LogP contribution in [0.5, 0.6) is 0 Å². The standard InChI is InChI=1S/C14H17N3O2S/c1-11-4-2-3-5-12(11)10-14-16-15-13-6-8-20(18,19)9-7-17(13)14/h2-5H,6-10H2,1H3. The average molecular weight is 291 g/mol. The van der Waals surface area contributed by atoms with Gasteiger partial charge in [-0.25, -0.2) is 8.42 Å². The van der Waals surface area contributed by atoms with Crippen LogP contribution in [-0.2, 0) is 29.2 Å². The van der Waals surface area contributed by atoms with Crippen molar-refractivity contribution >= 4 is 9.84 Å². The minimum Gasteiger partial charge on any atom is -0.314 e. The minimum atomic E-state index is -2.94. The lowest BCUT2D eigenvalue weighted by Gasteiger charge is -2.08. The van der Waals surface area contributed by atoms with Gasteiger partial charge in [0.2, 0.25) is 0 Å². The molecule has 2 aromatic rings. The summed E-state index contributed by atoms with van der Waals surface area (Å²) in [5, 5.41) is 8.40. The van der Waals surface area contributed by atoms with E-state index in [1.54, 1.807) is 0 Å². The first-order chi connectivity index (χ1) is 9.55. The zero-order valence-corrected chi connectivity index (χ0v) is 12.2. The highest BCUT2D eigenvalue weighted by molar-refractivity contribution is 7.91. The Kier molecular flexibility index (Phi) is 3.33. The zero-order chi connectivity index (χ0) is 14.2. The van der Waals surface area contributed by atoms with Gasteiger partial charge in [-0.05, 0) is 18.1 Å². The van der Waals surface area contributed by atoms with Crippen LogP contribution in [0.4, 0.5) is 0 Å². The Bertz CT molecular complexity index is 735. The molecule has 3 rings (SSSR count). The van der Waals surface area contributed by atoms with E-state index in [1.165, 1.54) is 11.1 Å². The number of rotatable bonds is 2. The lowest BCUT2D eigenvalue weighted by Crippen LogP contribution is -2.13. The van der Waals surface area contributed by atoms with E-state index in [1.807, 2.05) is 16.7 Å². The maximum atomic E-state index is 11.7. The Hall–Kier alpha value is -1.69. The summed E-state index contributed by atoms with van der Waals surface area (Å²) in [6, 6.07) is 8.16. The van der Waals surface area contributed by atoms with E-state index in [0.717, 1.165) is 11.6 Å². The molecule has 0 atom stereocenters. The van der Waals surface area contributed by atoms with Gasteiger partial charge in [-0.15, -0.1) is 10.2 Å². The number of benzene rings is 1. The van der Waals surface area contributed by atoms with Crippen molar-refractivity contribution in [3.8, 4) is 0 Å². The summed E-state index contributed by atoms with van der Waals surface area (Å²) in [5.74, 6) is 2.00. The lowest BCUT2D eigenvalue weighted by molar-refractivity contribution is 0.592. The fraction of sp³-hybridized carbons (Fsp3) is 0.429. The van der Waals surface area contributed by atoms with Gasteiger partial charge in [-0.3, -0.25) is 0 Å². The molecule has 6 heteroatoms. The van der Waals surface area contributed by atoms with Crippen molar-refractivity contribution in [2.24, 2.45) is 0 Å². The van der Waals surface area contributed by atoms with Crippen molar-refractivity contribution in [1.82, 2.24) is 14.8 Å². The Morgan fingerprint density at radius 3 is 2.80 bits per heavy atom. The second-order valence-corrected chi connectivity index (χ2v) is 7.49. The van der Waals surface area contributed by atoms with Crippen LogP contribution in [0.25, 0.3) is 0 Å². The van der Waals surface area contributed by atoms with Gasteiger partial charge in [0.15, 0.2) is 9.84 Å². The molecule has 2 heterocycles. The normalized spacial score (nSPS) is 17.4. The van der Waals surface area contributed by atoms with Crippen molar-refractivity contribution < 1.29 is 8.42 Å². The van der Waals surface area contributed by atoms with Crippen LogP contribution in [0.1, 0.15) is 22.8 Å². The largest absolute Gasteiger partial charge is 0.314 e. The van der Waals surface area contributed by atoms with Gasteiger partial charge < -0.3 is 4.57 Å². The van der Waals surface area contributed by atoms with Crippen molar-refractivity contribution in [2.45, 2.75) is 26.3 Å². The fourth-order valence-electron chi connectivity index (χ4n) is 2.50. The molecule has 5 nitrogen and oxygen atoms in total. The van der Waals surface area contributed by atoms with Gasteiger partial charge in [0.25, 0.3) is 0 Å². The van der Waals surface area contributed by atoms with Crippen LogP contribution < -0.4 is 0 Å². The molecule has 0 spiro atoms. The highest BCUT2D eigenvalue weighted by Gasteiger charge is 2.22. The average Bonchev–Trinajstić information content (AvgIpc) is 2.72. The second-order valence-electron chi connectivity index (χ2n) is 5.19. The monoisotopic (exact) mass is 291 g/mol. The molecule has 0 fully saturated rings. The van der Waals surface area contributed by atoms with Crippen molar-refractivity contribution in [1.29, 1.82) is 0 Å². The quantitative estimate of drug-likeness (QED) is 0.832. The third kappa shape index (κ3) is 2.60. The number of hydrogen-bond donors (Lipinski definition) is 0. The maximum Gasteiger partial charge on any atom is 0.152 e. The zero-order valence-electron chi connectivity index (χ0n) is 11.4. The molecule has 1 aromatic carbocycles. The first kappa shape index (κ1) is 13.3. The third-order valence-corrected chi connectivity index (χ3v) is 5.41. The van der Waals surface area contributed by atoms with Crippen molar-refractivity contribution in [3.63, 3.8) is 0 Å². The highest BCUT2D eigenvalue weighted by atomic mass is 32.2. The maximum absolute atomic E-state index is 11.7. The lowest BCUT2D eigenvalue weighted by atomic mass is 10.1. The first-order valence-corrected chi connectivity index (χ1v) is 8.53. The molecule has 1 aliphatic heterocycles. The molecular formula is C14H17N3O2S. The molecule has 20 heavy (non-hydrogen) atoms. The summed E-state index contributed by atoms with van der Waals surface area (Å²) in [7, 11) is -2.94. The highest BCUT2D eigenvalue weighted by Crippen LogP contribution is 2.16. The molecule has 0 aliphatic carbocycles. The molecule has 1 aliphatic rings. The van der Waals surface area contributed by atoms with Crippen LogP contribution in [0.15, 0.2) is 24.3 Å². The van der Waals surface area contributed by atoms with Gasteiger partial charge in [0.1, 0.15) is 11.6 Å².